The molecule has 0 spiro atoms. The molecule has 6 nitrogen and oxygen atoms in total. The summed E-state index contributed by atoms with van der Waals surface area (Å²) in [7, 11) is 3.86. The first kappa shape index (κ1) is 16.8. The van der Waals surface area contributed by atoms with E-state index in [1.165, 1.54) is 11.8 Å². The quantitative estimate of drug-likeness (QED) is 0.782. The molecule has 0 amide bonds. The Labute approximate surface area is 152 Å². The van der Waals surface area contributed by atoms with Crippen LogP contribution < -0.4 is 9.80 Å². The zero-order valence-electron chi connectivity index (χ0n) is 15.5. The average Bonchev–Trinajstić information content (AvgIpc) is 2.98. The first-order chi connectivity index (χ1) is 12.4. The highest BCUT2D eigenvalue weighted by molar-refractivity contribution is 5.85. The molecule has 136 valence electrons. The molecule has 0 aliphatic carbocycles. The molecule has 3 heterocycles. The van der Waals surface area contributed by atoms with Crippen molar-refractivity contribution in [3.05, 3.63) is 41.1 Å². The standard InChI is InChI=1S/C19H23FN6/c1-11(2)17-22-18(25(3)4)24-19(23-17)26-8-7-16-14(10-26)13-9-12(20)5-6-15(13)21-16/h5-6,9,11,21H,7-8,10H2,1-4H3. The van der Waals surface area contributed by atoms with Crippen molar-refractivity contribution in [2.24, 2.45) is 0 Å². The lowest BCUT2D eigenvalue weighted by Crippen LogP contribution is -2.32. The van der Waals surface area contributed by atoms with Crippen molar-refractivity contribution in [3.63, 3.8) is 0 Å². The minimum Gasteiger partial charge on any atom is -0.358 e. The van der Waals surface area contributed by atoms with Crippen LogP contribution in [0.4, 0.5) is 16.3 Å². The van der Waals surface area contributed by atoms with E-state index in [0.717, 1.165) is 35.3 Å². The number of fused-ring (bicyclic) bond motifs is 3. The highest BCUT2D eigenvalue weighted by Crippen LogP contribution is 2.30. The molecule has 3 aromatic rings. The Morgan fingerprint density at radius 1 is 1.19 bits per heavy atom. The van der Waals surface area contributed by atoms with Crippen LogP contribution in [0.5, 0.6) is 0 Å². The lowest BCUT2D eigenvalue weighted by molar-refractivity contribution is 0.629. The third kappa shape index (κ3) is 2.87. The Kier molecular flexibility index (Phi) is 4.01. The second-order valence-corrected chi connectivity index (χ2v) is 7.29. The molecule has 0 radical (unpaired) electrons. The van der Waals surface area contributed by atoms with E-state index in [1.807, 2.05) is 19.0 Å². The van der Waals surface area contributed by atoms with E-state index >= 15 is 0 Å². The first-order valence-electron chi connectivity index (χ1n) is 8.89. The third-order valence-electron chi connectivity index (χ3n) is 4.77. The largest absolute Gasteiger partial charge is 0.358 e. The molecule has 0 bridgehead atoms. The van der Waals surface area contributed by atoms with Crippen molar-refractivity contribution in [1.29, 1.82) is 0 Å². The second-order valence-electron chi connectivity index (χ2n) is 7.29. The summed E-state index contributed by atoms with van der Waals surface area (Å²) in [6, 6.07) is 4.90. The van der Waals surface area contributed by atoms with E-state index in [0.29, 0.717) is 18.4 Å². The van der Waals surface area contributed by atoms with Gasteiger partial charge in [0.05, 0.1) is 0 Å². The minimum atomic E-state index is -0.214. The van der Waals surface area contributed by atoms with Crippen LogP contribution in [0, 0.1) is 5.82 Å². The smallest absolute Gasteiger partial charge is 0.230 e. The van der Waals surface area contributed by atoms with Gasteiger partial charge in [0.1, 0.15) is 11.6 Å². The molecule has 26 heavy (non-hydrogen) atoms. The zero-order chi connectivity index (χ0) is 18.4. The lowest BCUT2D eigenvalue weighted by Gasteiger charge is -2.28. The van der Waals surface area contributed by atoms with Gasteiger partial charge in [-0.15, -0.1) is 0 Å². The van der Waals surface area contributed by atoms with E-state index in [-0.39, 0.29) is 11.7 Å². The number of rotatable bonds is 3. The van der Waals surface area contributed by atoms with Gasteiger partial charge in [-0.25, -0.2) is 4.39 Å². The molecule has 0 atom stereocenters. The summed E-state index contributed by atoms with van der Waals surface area (Å²) in [5.41, 5.74) is 3.28. The fraction of sp³-hybridized carbons (Fsp3) is 0.421. The number of anilines is 2. The topological polar surface area (TPSA) is 60.9 Å². The number of hydrogen-bond donors (Lipinski definition) is 1. The van der Waals surface area contributed by atoms with Crippen LogP contribution in [-0.4, -0.2) is 40.6 Å². The van der Waals surface area contributed by atoms with Gasteiger partial charge in [0, 0.05) is 61.7 Å². The monoisotopic (exact) mass is 354 g/mol. The maximum absolute atomic E-state index is 13.7. The van der Waals surface area contributed by atoms with Crippen LogP contribution in [0.1, 0.15) is 36.8 Å². The molecule has 1 aliphatic rings. The maximum atomic E-state index is 13.7. The molecule has 0 saturated carbocycles. The normalized spacial score (nSPS) is 14.2. The van der Waals surface area contributed by atoms with Gasteiger partial charge < -0.3 is 14.8 Å². The summed E-state index contributed by atoms with van der Waals surface area (Å²) in [6.45, 7) is 5.63. The third-order valence-corrected chi connectivity index (χ3v) is 4.77. The zero-order valence-corrected chi connectivity index (χ0v) is 15.5. The van der Waals surface area contributed by atoms with E-state index in [2.05, 4.69) is 38.7 Å². The van der Waals surface area contributed by atoms with Crippen molar-refractivity contribution in [2.45, 2.75) is 32.7 Å². The number of nitrogens with zero attached hydrogens (tertiary/aromatic N) is 5. The first-order valence-corrected chi connectivity index (χ1v) is 8.89. The number of hydrogen-bond acceptors (Lipinski definition) is 5. The average molecular weight is 354 g/mol. The van der Waals surface area contributed by atoms with E-state index in [9.17, 15) is 4.39 Å². The van der Waals surface area contributed by atoms with Gasteiger partial charge >= 0.3 is 0 Å². The molecule has 4 rings (SSSR count). The van der Waals surface area contributed by atoms with Crippen LogP contribution in [0.3, 0.4) is 0 Å². The van der Waals surface area contributed by atoms with E-state index in [1.54, 1.807) is 12.1 Å². The summed E-state index contributed by atoms with van der Waals surface area (Å²) >= 11 is 0. The van der Waals surface area contributed by atoms with Crippen molar-refractivity contribution in [3.8, 4) is 0 Å². The van der Waals surface area contributed by atoms with E-state index < -0.39 is 0 Å². The summed E-state index contributed by atoms with van der Waals surface area (Å²) in [5, 5.41) is 0.940. The molecular formula is C19H23FN6. The fourth-order valence-corrected chi connectivity index (χ4v) is 3.33. The Bertz CT molecular complexity index is 936. The lowest BCUT2D eigenvalue weighted by atomic mass is 10.0. The highest BCUT2D eigenvalue weighted by Gasteiger charge is 2.24. The minimum absolute atomic E-state index is 0.214. The Hall–Kier alpha value is -2.70. The summed E-state index contributed by atoms with van der Waals surface area (Å²) in [6.07, 6.45) is 0.853. The van der Waals surface area contributed by atoms with Crippen LogP contribution in [0.25, 0.3) is 10.9 Å². The SMILES string of the molecule is CC(C)c1nc(N(C)C)nc(N2CCc3[nH]c4ccc(F)cc4c3C2)n1. The summed E-state index contributed by atoms with van der Waals surface area (Å²) in [5.74, 6) is 2.14. The molecule has 0 unspecified atom stereocenters. The van der Waals surface area contributed by atoms with Gasteiger partial charge in [-0.1, -0.05) is 13.8 Å². The predicted octanol–water partition coefficient (Wildman–Crippen LogP) is 3.24. The summed E-state index contributed by atoms with van der Waals surface area (Å²) < 4.78 is 13.7. The Balaban J connectivity index is 1.75. The van der Waals surface area contributed by atoms with E-state index in [4.69, 9.17) is 0 Å². The molecule has 1 aliphatic heterocycles. The van der Waals surface area contributed by atoms with Crippen molar-refractivity contribution < 1.29 is 4.39 Å². The molecule has 2 aromatic heterocycles. The molecule has 1 aromatic carbocycles. The van der Waals surface area contributed by atoms with Crippen LogP contribution in [-0.2, 0) is 13.0 Å². The number of aromatic nitrogens is 4. The van der Waals surface area contributed by atoms with Crippen molar-refractivity contribution >= 4 is 22.8 Å². The van der Waals surface area contributed by atoms with Gasteiger partial charge in [-0.05, 0) is 18.2 Å². The molecule has 0 saturated heterocycles. The molecule has 1 N–H and O–H groups in total. The Morgan fingerprint density at radius 2 is 2.00 bits per heavy atom. The Morgan fingerprint density at radius 3 is 2.73 bits per heavy atom. The predicted molar refractivity (Wildman–Crippen MR) is 101 cm³/mol. The molecule has 7 heteroatoms. The van der Waals surface area contributed by atoms with Crippen molar-refractivity contribution in [2.75, 3.05) is 30.4 Å². The van der Waals surface area contributed by atoms with Crippen LogP contribution in [0.15, 0.2) is 18.2 Å². The number of benzene rings is 1. The second kappa shape index (κ2) is 6.23. The van der Waals surface area contributed by atoms with Gasteiger partial charge in [0.2, 0.25) is 11.9 Å². The number of halogens is 1. The molecular weight excluding hydrogens is 331 g/mol. The van der Waals surface area contributed by atoms with Gasteiger partial charge in [0.25, 0.3) is 0 Å². The number of aromatic amines is 1. The van der Waals surface area contributed by atoms with Crippen molar-refractivity contribution in [1.82, 2.24) is 19.9 Å². The van der Waals surface area contributed by atoms with Gasteiger partial charge in [-0.3, -0.25) is 0 Å². The highest BCUT2D eigenvalue weighted by atomic mass is 19.1. The maximum Gasteiger partial charge on any atom is 0.230 e. The van der Waals surface area contributed by atoms with Gasteiger partial charge in [-0.2, -0.15) is 15.0 Å². The van der Waals surface area contributed by atoms with Crippen LogP contribution >= 0.6 is 0 Å². The number of nitrogens with one attached hydrogen (secondary N) is 1. The molecule has 0 fully saturated rings. The number of H-pyrrole nitrogens is 1. The van der Waals surface area contributed by atoms with Crippen LogP contribution in [0.2, 0.25) is 0 Å². The fourth-order valence-electron chi connectivity index (χ4n) is 3.33. The summed E-state index contributed by atoms with van der Waals surface area (Å²) in [4.78, 5) is 21.3. The van der Waals surface area contributed by atoms with Gasteiger partial charge in [0.15, 0.2) is 0 Å².